The van der Waals surface area contributed by atoms with Crippen LogP contribution in [0.3, 0.4) is 0 Å². The molecule has 0 heterocycles. The fourth-order valence-corrected chi connectivity index (χ4v) is 2.30. The summed E-state index contributed by atoms with van der Waals surface area (Å²) >= 11 is 9.52. The van der Waals surface area contributed by atoms with E-state index < -0.39 is 0 Å². The monoisotopic (exact) mass is 275 g/mol. The van der Waals surface area contributed by atoms with Crippen molar-refractivity contribution in [2.24, 2.45) is 5.73 Å². The molecule has 0 spiro atoms. The number of halogens is 2. The minimum absolute atomic E-state index is 0.175. The third-order valence-electron chi connectivity index (χ3n) is 2.57. The van der Waals surface area contributed by atoms with Gasteiger partial charge in [0.15, 0.2) is 0 Å². The number of rotatable bonds is 3. The first-order valence-electron chi connectivity index (χ1n) is 4.76. The molecule has 3 heteroatoms. The average molecular weight is 277 g/mol. The van der Waals surface area contributed by atoms with Gasteiger partial charge in [-0.1, -0.05) is 47.4 Å². The molecule has 2 N–H and O–H groups in total. The van der Waals surface area contributed by atoms with E-state index in [9.17, 15) is 0 Å². The lowest BCUT2D eigenvalue weighted by Crippen LogP contribution is -2.25. The van der Waals surface area contributed by atoms with Crippen molar-refractivity contribution in [2.75, 3.05) is 0 Å². The van der Waals surface area contributed by atoms with Crippen LogP contribution in [0, 0.1) is 0 Å². The van der Waals surface area contributed by atoms with Gasteiger partial charge in [0.25, 0.3) is 0 Å². The Kier molecular flexibility index (Phi) is 4.42. The fraction of sp³-hybridized carbons (Fsp3) is 0.455. The van der Waals surface area contributed by atoms with Gasteiger partial charge < -0.3 is 5.73 Å². The molecule has 0 aliphatic heterocycles. The summed E-state index contributed by atoms with van der Waals surface area (Å²) in [6, 6.07) is 6.12. The molecule has 2 atom stereocenters. The second-order valence-electron chi connectivity index (χ2n) is 3.53. The van der Waals surface area contributed by atoms with Crippen molar-refractivity contribution in [2.45, 2.75) is 32.2 Å². The van der Waals surface area contributed by atoms with E-state index in [-0.39, 0.29) is 6.04 Å². The first-order valence-corrected chi connectivity index (χ1v) is 5.94. The van der Waals surface area contributed by atoms with Gasteiger partial charge in [0, 0.05) is 15.5 Å². The minimum atomic E-state index is 0.175. The van der Waals surface area contributed by atoms with Crippen molar-refractivity contribution in [1.82, 2.24) is 0 Å². The van der Waals surface area contributed by atoms with E-state index in [4.69, 9.17) is 17.3 Å². The molecule has 2 unspecified atom stereocenters. The number of nitrogens with two attached hydrogens (primary N) is 1. The summed E-state index contributed by atoms with van der Waals surface area (Å²) in [5.74, 6) is 0.306. The summed E-state index contributed by atoms with van der Waals surface area (Å²) in [5.41, 5.74) is 7.11. The number of benzene rings is 1. The first-order chi connectivity index (χ1) is 6.56. The van der Waals surface area contributed by atoms with Crippen LogP contribution in [-0.4, -0.2) is 6.04 Å². The predicted molar refractivity (Wildman–Crippen MR) is 65.8 cm³/mol. The molecule has 1 nitrogen and oxygen atoms in total. The zero-order valence-corrected chi connectivity index (χ0v) is 10.8. The molecular formula is C11H15BrClN. The van der Waals surface area contributed by atoms with Crippen LogP contribution < -0.4 is 5.73 Å². The van der Waals surface area contributed by atoms with Gasteiger partial charge in [-0.2, -0.15) is 0 Å². The second kappa shape index (κ2) is 5.15. The molecule has 0 aliphatic rings. The van der Waals surface area contributed by atoms with Crippen LogP contribution in [0.4, 0.5) is 0 Å². The number of hydrogen-bond acceptors (Lipinski definition) is 1. The quantitative estimate of drug-likeness (QED) is 0.889. The van der Waals surface area contributed by atoms with E-state index in [1.165, 1.54) is 0 Å². The molecule has 0 saturated heterocycles. The van der Waals surface area contributed by atoms with Crippen LogP contribution in [-0.2, 0) is 0 Å². The third-order valence-corrected chi connectivity index (χ3v) is 3.39. The van der Waals surface area contributed by atoms with Gasteiger partial charge in [0.2, 0.25) is 0 Å². The first kappa shape index (κ1) is 12.0. The summed E-state index contributed by atoms with van der Waals surface area (Å²) in [7, 11) is 0. The standard InChI is InChI=1S/C11H15BrClN/c1-3-11(14)7(2)9-5-4-8(12)6-10(9)13/h4-7,11H,3,14H2,1-2H3. The van der Waals surface area contributed by atoms with Gasteiger partial charge in [-0.05, 0) is 30.0 Å². The van der Waals surface area contributed by atoms with E-state index in [0.29, 0.717) is 5.92 Å². The Morgan fingerprint density at radius 3 is 2.64 bits per heavy atom. The van der Waals surface area contributed by atoms with Crippen molar-refractivity contribution in [3.63, 3.8) is 0 Å². The summed E-state index contributed by atoms with van der Waals surface area (Å²) in [4.78, 5) is 0. The van der Waals surface area contributed by atoms with Crippen LogP contribution in [0.2, 0.25) is 5.02 Å². The Morgan fingerprint density at radius 2 is 2.14 bits per heavy atom. The van der Waals surface area contributed by atoms with Crippen LogP contribution >= 0.6 is 27.5 Å². The molecule has 1 aromatic rings. The maximum atomic E-state index is 6.14. The summed E-state index contributed by atoms with van der Waals surface area (Å²) in [6.07, 6.45) is 0.966. The summed E-state index contributed by atoms with van der Waals surface area (Å²) < 4.78 is 1.00. The Balaban J connectivity index is 2.95. The molecule has 14 heavy (non-hydrogen) atoms. The molecule has 0 aliphatic carbocycles. The molecular weight excluding hydrogens is 261 g/mol. The zero-order valence-electron chi connectivity index (χ0n) is 8.43. The molecule has 0 radical (unpaired) electrons. The van der Waals surface area contributed by atoms with E-state index in [2.05, 4.69) is 29.8 Å². The normalized spacial score (nSPS) is 15.2. The van der Waals surface area contributed by atoms with Crippen molar-refractivity contribution in [3.05, 3.63) is 33.3 Å². The smallest absolute Gasteiger partial charge is 0.0452 e. The van der Waals surface area contributed by atoms with Crippen molar-refractivity contribution in [1.29, 1.82) is 0 Å². The topological polar surface area (TPSA) is 26.0 Å². The predicted octanol–water partition coefficient (Wildman–Crippen LogP) is 3.94. The van der Waals surface area contributed by atoms with Gasteiger partial charge in [0.05, 0.1) is 0 Å². The van der Waals surface area contributed by atoms with Crippen LogP contribution in [0.25, 0.3) is 0 Å². The lowest BCUT2D eigenvalue weighted by atomic mass is 9.92. The Morgan fingerprint density at radius 1 is 1.50 bits per heavy atom. The maximum absolute atomic E-state index is 6.14. The lowest BCUT2D eigenvalue weighted by Gasteiger charge is -2.19. The van der Waals surface area contributed by atoms with Gasteiger partial charge in [-0.25, -0.2) is 0 Å². The molecule has 1 rings (SSSR count). The molecule has 0 fully saturated rings. The van der Waals surface area contributed by atoms with Crippen molar-refractivity contribution in [3.8, 4) is 0 Å². The number of hydrogen-bond donors (Lipinski definition) is 1. The fourth-order valence-electron chi connectivity index (χ4n) is 1.45. The van der Waals surface area contributed by atoms with Gasteiger partial charge in [-0.3, -0.25) is 0 Å². The Hall–Kier alpha value is -0.0500. The zero-order chi connectivity index (χ0) is 10.7. The Bertz CT molecular complexity index is 314. The van der Waals surface area contributed by atoms with Crippen LogP contribution in [0.5, 0.6) is 0 Å². The van der Waals surface area contributed by atoms with Gasteiger partial charge in [0.1, 0.15) is 0 Å². The van der Waals surface area contributed by atoms with Crippen LogP contribution in [0.1, 0.15) is 31.7 Å². The molecule has 0 aromatic heterocycles. The molecule has 1 aromatic carbocycles. The highest BCUT2D eigenvalue weighted by Crippen LogP contribution is 2.29. The SMILES string of the molecule is CCC(N)C(C)c1ccc(Br)cc1Cl. The Labute approximate surface area is 98.8 Å². The largest absolute Gasteiger partial charge is 0.327 e. The summed E-state index contributed by atoms with van der Waals surface area (Å²) in [5, 5.41) is 0.788. The summed E-state index contributed by atoms with van der Waals surface area (Å²) in [6.45, 7) is 4.21. The molecule has 0 amide bonds. The van der Waals surface area contributed by atoms with Crippen molar-refractivity contribution < 1.29 is 0 Å². The second-order valence-corrected chi connectivity index (χ2v) is 4.85. The van der Waals surface area contributed by atoms with Gasteiger partial charge in [-0.15, -0.1) is 0 Å². The third kappa shape index (κ3) is 2.72. The molecule has 0 saturated carbocycles. The lowest BCUT2D eigenvalue weighted by molar-refractivity contribution is 0.551. The average Bonchev–Trinajstić information content (AvgIpc) is 2.15. The minimum Gasteiger partial charge on any atom is -0.327 e. The van der Waals surface area contributed by atoms with E-state index in [1.54, 1.807) is 0 Å². The van der Waals surface area contributed by atoms with Crippen LogP contribution in [0.15, 0.2) is 22.7 Å². The highest BCUT2D eigenvalue weighted by molar-refractivity contribution is 9.10. The molecule has 78 valence electrons. The molecule has 0 bridgehead atoms. The maximum Gasteiger partial charge on any atom is 0.0452 e. The van der Waals surface area contributed by atoms with Gasteiger partial charge >= 0.3 is 0 Å². The highest BCUT2D eigenvalue weighted by atomic mass is 79.9. The van der Waals surface area contributed by atoms with E-state index >= 15 is 0 Å². The van der Waals surface area contributed by atoms with E-state index in [0.717, 1.165) is 21.5 Å². The van der Waals surface area contributed by atoms with Crippen molar-refractivity contribution >= 4 is 27.5 Å². The highest BCUT2D eigenvalue weighted by Gasteiger charge is 2.15. The van der Waals surface area contributed by atoms with E-state index in [1.807, 2.05) is 18.2 Å².